The molecule has 0 aliphatic rings. The number of ketones is 1. The molecule has 1 rings (SSSR count). The summed E-state index contributed by atoms with van der Waals surface area (Å²) in [4.78, 5) is 10.6. The van der Waals surface area contributed by atoms with Crippen molar-refractivity contribution >= 4 is 5.78 Å². The van der Waals surface area contributed by atoms with E-state index in [-0.39, 0.29) is 5.78 Å². The fraction of sp³-hybridized carbons (Fsp3) is 0.308. The Morgan fingerprint density at radius 1 is 1.60 bits per heavy atom. The minimum atomic E-state index is 0.0941. The molecule has 1 heterocycles. The summed E-state index contributed by atoms with van der Waals surface area (Å²) in [6.07, 6.45) is 7.78. The molecule has 0 atom stereocenters. The van der Waals surface area contributed by atoms with Crippen LogP contribution in [0, 0.1) is 11.8 Å². The average molecular weight is 202 g/mol. The summed E-state index contributed by atoms with van der Waals surface area (Å²) in [6, 6.07) is 3.66. The molecule has 15 heavy (non-hydrogen) atoms. The topological polar surface area (TPSA) is 30.2 Å². The Bertz CT molecular complexity index is 374. The Hall–Kier alpha value is -1.75. The second-order valence-electron chi connectivity index (χ2n) is 3.18. The number of furan rings is 1. The van der Waals surface area contributed by atoms with Crippen molar-refractivity contribution in [3.05, 3.63) is 36.3 Å². The molecule has 78 valence electrons. The largest absolute Gasteiger partial charge is 0.456 e. The molecule has 2 heteroatoms. The number of hydrogen-bond donors (Lipinski definition) is 0. The van der Waals surface area contributed by atoms with Crippen LogP contribution < -0.4 is 0 Å². The van der Waals surface area contributed by atoms with E-state index in [0.717, 1.165) is 19.3 Å². The molecule has 1 aromatic rings. The zero-order valence-electron chi connectivity index (χ0n) is 8.82. The van der Waals surface area contributed by atoms with Crippen LogP contribution in [-0.2, 0) is 4.79 Å². The Kier molecular flexibility index (Phi) is 5.03. The van der Waals surface area contributed by atoms with Crippen molar-refractivity contribution in [1.29, 1.82) is 0 Å². The fourth-order valence-corrected chi connectivity index (χ4v) is 1.06. The average Bonchev–Trinajstić information content (AvgIpc) is 2.68. The van der Waals surface area contributed by atoms with Crippen molar-refractivity contribution in [2.45, 2.75) is 26.2 Å². The third-order valence-electron chi connectivity index (χ3n) is 1.76. The monoisotopic (exact) mass is 202 g/mol. The van der Waals surface area contributed by atoms with E-state index < -0.39 is 0 Å². The predicted molar refractivity (Wildman–Crippen MR) is 59.3 cm³/mol. The highest BCUT2D eigenvalue weighted by molar-refractivity contribution is 5.87. The molecule has 0 aromatic carbocycles. The molecule has 0 N–H and O–H groups in total. The van der Waals surface area contributed by atoms with E-state index in [0.29, 0.717) is 5.76 Å². The summed E-state index contributed by atoms with van der Waals surface area (Å²) in [7, 11) is 0. The second-order valence-corrected chi connectivity index (χ2v) is 3.18. The van der Waals surface area contributed by atoms with Crippen LogP contribution in [0.25, 0.3) is 0 Å². The lowest BCUT2D eigenvalue weighted by molar-refractivity contribution is -0.112. The van der Waals surface area contributed by atoms with Crippen molar-refractivity contribution < 1.29 is 9.21 Å². The molecule has 0 aliphatic carbocycles. The molecule has 2 nitrogen and oxygen atoms in total. The molecule has 0 saturated carbocycles. The maximum atomic E-state index is 10.6. The first-order chi connectivity index (χ1) is 7.29. The number of rotatable bonds is 4. The maximum absolute atomic E-state index is 10.6. The van der Waals surface area contributed by atoms with Gasteiger partial charge < -0.3 is 4.42 Å². The lowest BCUT2D eigenvalue weighted by atomic mass is 10.2. The van der Waals surface area contributed by atoms with Gasteiger partial charge in [-0.25, -0.2) is 0 Å². The van der Waals surface area contributed by atoms with Crippen molar-refractivity contribution in [2.75, 3.05) is 0 Å². The van der Waals surface area contributed by atoms with Crippen molar-refractivity contribution in [3.63, 3.8) is 0 Å². The summed E-state index contributed by atoms with van der Waals surface area (Å²) in [5, 5.41) is 0. The van der Waals surface area contributed by atoms with E-state index in [1.165, 1.54) is 0 Å². The van der Waals surface area contributed by atoms with Gasteiger partial charge in [0, 0.05) is 6.42 Å². The van der Waals surface area contributed by atoms with Gasteiger partial charge >= 0.3 is 0 Å². The third kappa shape index (κ3) is 5.53. The first-order valence-corrected chi connectivity index (χ1v) is 4.98. The predicted octanol–water partition coefficient (Wildman–Crippen LogP) is 2.95. The van der Waals surface area contributed by atoms with Gasteiger partial charge in [0.1, 0.15) is 0 Å². The molecular weight excluding hydrogens is 188 g/mol. The van der Waals surface area contributed by atoms with E-state index in [1.54, 1.807) is 19.3 Å². The number of carbonyl (C=O) groups is 1. The highest BCUT2D eigenvalue weighted by atomic mass is 16.3. The molecule has 0 bridgehead atoms. The van der Waals surface area contributed by atoms with Crippen LogP contribution in [0.2, 0.25) is 0 Å². The van der Waals surface area contributed by atoms with Gasteiger partial charge in [0.2, 0.25) is 0 Å². The zero-order valence-corrected chi connectivity index (χ0v) is 8.82. The number of carbonyl (C=O) groups excluding carboxylic acids is 1. The minimum absolute atomic E-state index is 0.0941. The summed E-state index contributed by atoms with van der Waals surface area (Å²) in [5.74, 6) is 6.73. The maximum Gasteiger partial charge on any atom is 0.176 e. The summed E-state index contributed by atoms with van der Waals surface area (Å²) < 4.78 is 5.06. The molecule has 0 spiro atoms. The molecular formula is C13H14O2. The van der Waals surface area contributed by atoms with Crippen LogP contribution in [0.4, 0.5) is 0 Å². The molecule has 0 unspecified atom stereocenters. The Morgan fingerprint density at radius 2 is 2.47 bits per heavy atom. The molecule has 0 radical (unpaired) electrons. The molecule has 0 aliphatic heterocycles. The zero-order chi connectivity index (χ0) is 10.9. The molecule has 0 saturated heterocycles. The van der Waals surface area contributed by atoms with Gasteiger partial charge in [0.25, 0.3) is 0 Å². The SMILES string of the molecule is CC(=O)/C=C/CCCC#Cc1ccco1. The first-order valence-electron chi connectivity index (χ1n) is 4.98. The smallest absolute Gasteiger partial charge is 0.176 e. The van der Waals surface area contributed by atoms with Gasteiger partial charge in [-0.1, -0.05) is 12.0 Å². The lowest BCUT2D eigenvalue weighted by Gasteiger charge is -1.86. The van der Waals surface area contributed by atoms with Gasteiger partial charge in [-0.05, 0) is 43.9 Å². The Morgan fingerprint density at radius 3 is 3.13 bits per heavy atom. The van der Waals surface area contributed by atoms with Gasteiger partial charge in [0.05, 0.1) is 6.26 Å². The summed E-state index contributed by atoms with van der Waals surface area (Å²) >= 11 is 0. The highest BCUT2D eigenvalue weighted by Crippen LogP contribution is 1.99. The lowest BCUT2D eigenvalue weighted by Crippen LogP contribution is -1.79. The summed E-state index contributed by atoms with van der Waals surface area (Å²) in [5.41, 5.74) is 0. The first kappa shape index (κ1) is 11.3. The Balaban J connectivity index is 2.14. The van der Waals surface area contributed by atoms with Gasteiger partial charge in [-0.3, -0.25) is 4.79 Å². The van der Waals surface area contributed by atoms with Crippen LogP contribution in [0.1, 0.15) is 31.9 Å². The molecule has 0 fully saturated rings. The summed E-state index contributed by atoms with van der Waals surface area (Å²) in [6.45, 7) is 1.55. The van der Waals surface area contributed by atoms with Crippen molar-refractivity contribution in [3.8, 4) is 11.8 Å². The van der Waals surface area contributed by atoms with Gasteiger partial charge in [-0.2, -0.15) is 0 Å². The van der Waals surface area contributed by atoms with E-state index in [2.05, 4.69) is 11.8 Å². The van der Waals surface area contributed by atoms with Crippen molar-refractivity contribution in [2.24, 2.45) is 0 Å². The third-order valence-corrected chi connectivity index (χ3v) is 1.76. The van der Waals surface area contributed by atoms with E-state index >= 15 is 0 Å². The fourth-order valence-electron chi connectivity index (χ4n) is 1.06. The van der Waals surface area contributed by atoms with E-state index in [1.807, 2.05) is 18.2 Å². The quantitative estimate of drug-likeness (QED) is 0.427. The van der Waals surface area contributed by atoms with Gasteiger partial charge in [-0.15, -0.1) is 0 Å². The number of hydrogen-bond acceptors (Lipinski definition) is 2. The van der Waals surface area contributed by atoms with Crippen LogP contribution in [-0.4, -0.2) is 5.78 Å². The highest BCUT2D eigenvalue weighted by Gasteiger charge is 1.86. The normalized spacial score (nSPS) is 9.93. The second kappa shape index (κ2) is 6.67. The van der Waals surface area contributed by atoms with E-state index in [4.69, 9.17) is 4.42 Å². The number of unbranched alkanes of at least 4 members (excludes halogenated alkanes) is 2. The van der Waals surface area contributed by atoms with Crippen LogP contribution in [0.15, 0.2) is 35.0 Å². The van der Waals surface area contributed by atoms with E-state index in [9.17, 15) is 4.79 Å². The minimum Gasteiger partial charge on any atom is -0.456 e. The van der Waals surface area contributed by atoms with Crippen LogP contribution >= 0.6 is 0 Å². The standard InChI is InChI=1S/C13H14O2/c1-12(14)8-5-3-2-4-6-9-13-10-7-11-15-13/h5,7-8,10-11H,2-4H2,1H3/b8-5+. The van der Waals surface area contributed by atoms with Gasteiger partial charge in [0.15, 0.2) is 11.5 Å². The number of allylic oxidation sites excluding steroid dienone is 2. The van der Waals surface area contributed by atoms with Crippen molar-refractivity contribution in [1.82, 2.24) is 0 Å². The molecule has 1 aromatic heterocycles. The van der Waals surface area contributed by atoms with Crippen LogP contribution in [0.3, 0.4) is 0 Å². The van der Waals surface area contributed by atoms with Crippen LogP contribution in [0.5, 0.6) is 0 Å². The molecule has 0 amide bonds. The Labute approximate surface area is 90.0 Å².